The number of nitrogens with two attached hydrogens (primary N) is 1. The molecular formula is C29H30F3N7O2. The summed E-state index contributed by atoms with van der Waals surface area (Å²) < 4.78 is 41.0. The molecule has 214 valence electrons. The van der Waals surface area contributed by atoms with Crippen LogP contribution in [0.2, 0.25) is 0 Å². The number of amides is 2. The minimum atomic E-state index is -4.55. The Morgan fingerprint density at radius 3 is 2.54 bits per heavy atom. The van der Waals surface area contributed by atoms with E-state index in [9.17, 15) is 22.8 Å². The van der Waals surface area contributed by atoms with Crippen LogP contribution < -0.4 is 16.4 Å². The Balaban J connectivity index is 1.40. The minimum Gasteiger partial charge on any atom is -0.382 e. The maximum absolute atomic E-state index is 13.0. The Kier molecular flexibility index (Phi) is 7.65. The Morgan fingerprint density at radius 2 is 1.83 bits per heavy atom. The first-order valence-electron chi connectivity index (χ1n) is 13.4. The molecule has 4 aromatic rings. The van der Waals surface area contributed by atoms with Gasteiger partial charge in [0.25, 0.3) is 5.91 Å². The molecule has 5 rings (SSSR count). The molecule has 4 N–H and O–H groups in total. The van der Waals surface area contributed by atoms with E-state index in [4.69, 9.17) is 10.7 Å². The number of hydrogen-bond acceptors (Lipinski definition) is 6. The highest BCUT2D eigenvalue weighted by Crippen LogP contribution is 2.37. The van der Waals surface area contributed by atoms with Gasteiger partial charge in [-0.05, 0) is 43.5 Å². The third-order valence-corrected chi connectivity index (χ3v) is 7.27. The van der Waals surface area contributed by atoms with E-state index in [0.29, 0.717) is 22.6 Å². The number of nitrogen functional groups attached to an aromatic ring is 1. The maximum atomic E-state index is 13.0. The molecule has 1 aromatic carbocycles. The van der Waals surface area contributed by atoms with Gasteiger partial charge in [0, 0.05) is 47.6 Å². The molecule has 1 aliphatic rings. The monoisotopic (exact) mass is 565 g/mol. The van der Waals surface area contributed by atoms with Crippen molar-refractivity contribution >= 4 is 29.0 Å². The number of fused-ring (bicyclic) bond motifs is 1. The lowest BCUT2D eigenvalue weighted by molar-refractivity contribution is -0.137. The average molecular weight is 566 g/mol. The maximum Gasteiger partial charge on any atom is 0.416 e. The Hall–Kier alpha value is -4.48. The number of nitrogens with one attached hydrogen (secondary N) is 2. The fourth-order valence-electron chi connectivity index (χ4n) is 5.14. The van der Waals surface area contributed by atoms with Crippen molar-refractivity contribution in [1.29, 1.82) is 0 Å². The van der Waals surface area contributed by atoms with Crippen LogP contribution in [0.4, 0.5) is 24.8 Å². The molecule has 41 heavy (non-hydrogen) atoms. The van der Waals surface area contributed by atoms with Crippen molar-refractivity contribution in [2.24, 2.45) is 5.92 Å². The lowest BCUT2D eigenvalue weighted by Crippen LogP contribution is -2.40. The number of halogens is 3. The number of imidazole rings is 1. The van der Waals surface area contributed by atoms with Crippen molar-refractivity contribution in [3.8, 4) is 11.3 Å². The highest BCUT2D eigenvalue weighted by Gasteiger charge is 2.31. The summed E-state index contributed by atoms with van der Waals surface area (Å²) in [5.74, 6) is 0.361. The molecule has 2 amide bonds. The van der Waals surface area contributed by atoms with Gasteiger partial charge in [-0.15, -0.1) is 0 Å². The van der Waals surface area contributed by atoms with Crippen molar-refractivity contribution in [2.45, 2.75) is 57.7 Å². The third kappa shape index (κ3) is 6.01. The van der Waals surface area contributed by atoms with E-state index in [-0.39, 0.29) is 35.2 Å². The smallest absolute Gasteiger partial charge is 0.382 e. The van der Waals surface area contributed by atoms with Crippen LogP contribution in [0.1, 0.15) is 67.2 Å². The quantitative estimate of drug-likeness (QED) is 0.286. The van der Waals surface area contributed by atoms with Crippen molar-refractivity contribution in [3.63, 3.8) is 0 Å². The van der Waals surface area contributed by atoms with Crippen LogP contribution in [0.25, 0.3) is 16.8 Å². The molecule has 0 radical (unpaired) electrons. The first-order chi connectivity index (χ1) is 19.5. The van der Waals surface area contributed by atoms with Crippen LogP contribution in [0, 0.1) is 5.92 Å². The molecular weight excluding hydrogens is 535 g/mol. The van der Waals surface area contributed by atoms with Crippen LogP contribution in [-0.2, 0) is 11.0 Å². The summed E-state index contributed by atoms with van der Waals surface area (Å²) in [4.78, 5) is 38.1. The van der Waals surface area contributed by atoms with Gasteiger partial charge in [-0.3, -0.25) is 14.0 Å². The number of benzene rings is 1. The number of carbonyl (C=O) groups is 2. The van der Waals surface area contributed by atoms with E-state index in [2.05, 4.69) is 20.6 Å². The summed E-state index contributed by atoms with van der Waals surface area (Å²) >= 11 is 0. The first kappa shape index (κ1) is 28.1. The number of nitrogens with zero attached hydrogens (tertiary/aromatic N) is 4. The number of pyridine rings is 1. The molecule has 1 aliphatic carbocycles. The third-order valence-electron chi connectivity index (χ3n) is 7.27. The standard InChI is InChI=1S/C29H30F3N7O2/c1-16(2)27(40)36-21-5-3-4-19(14-21)26-38-23(24-25(33)35-12-13-39(24)26)17-6-8-18(9-7-17)28(41)37-22-15-20(10-11-34-22)29(30,31)32/h6-13,15-16,19,21H,3-5,14H2,1-2H3,(H2,33,35)(H,36,40)(H,34,37,41)/t19-,21?/m1/s1. The van der Waals surface area contributed by atoms with Gasteiger partial charge < -0.3 is 16.4 Å². The van der Waals surface area contributed by atoms with Crippen molar-refractivity contribution in [3.05, 3.63) is 71.9 Å². The van der Waals surface area contributed by atoms with E-state index in [1.165, 1.54) is 0 Å². The van der Waals surface area contributed by atoms with Crippen molar-refractivity contribution < 1.29 is 22.8 Å². The van der Waals surface area contributed by atoms with Crippen LogP contribution >= 0.6 is 0 Å². The van der Waals surface area contributed by atoms with E-state index in [1.54, 1.807) is 30.5 Å². The van der Waals surface area contributed by atoms with Crippen LogP contribution in [-0.4, -0.2) is 37.2 Å². The SMILES string of the molecule is CC(C)C(=O)NC1CCC[C@@H](c2nc(-c3ccc(C(=O)Nc4cc(C(F)(F)F)ccn4)cc3)c3c(N)nccn23)C1. The van der Waals surface area contributed by atoms with Crippen molar-refractivity contribution in [1.82, 2.24) is 24.7 Å². The summed E-state index contributed by atoms with van der Waals surface area (Å²) in [5, 5.41) is 5.56. The Labute approximate surface area is 234 Å². The van der Waals surface area contributed by atoms with E-state index in [1.807, 2.05) is 24.4 Å². The predicted octanol–water partition coefficient (Wildman–Crippen LogP) is 5.44. The molecule has 1 fully saturated rings. The molecule has 0 saturated heterocycles. The van der Waals surface area contributed by atoms with Gasteiger partial charge in [0.1, 0.15) is 28.7 Å². The fraction of sp³-hybridized carbons (Fsp3) is 0.345. The summed E-state index contributed by atoms with van der Waals surface area (Å²) in [6, 6.07) is 8.22. The van der Waals surface area contributed by atoms with Gasteiger partial charge in [-0.2, -0.15) is 13.2 Å². The number of hydrogen-bond donors (Lipinski definition) is 3. The van der Waals surface area contributed by atoms with Gasteiger partial charge >= 0.3 is 6.18 Å². The number of anilines is 2. The van der Waals surface area contributed by atoms with Crippen LogP contribution in [0.15, 0.2) is 55.0 Å². The molecule has 12 heteroatoms. The number of alkyl halides is 3. The molecule has 0 bridgehead atoms. The normalized spacial score (nSPS) is 17.5. The molecule has 2 atom stereocenters. The number of rotatable bonds is 6. The lowest BCUT2D eigenvalue weighted by Gasteiger charge is -2.29. The zero-order valence-electron chi connectivity index (χ0n) is 22.6. The van der Waals surface area contributed by atoms with Crippen LogP contribution in [0.5, 0.6) is 0 Å². The summed E-state index contributed by atoms with van der Waals surface area (Å²) in [6.07, 6.45) is 3.41. The van der Waals surface area contributed by atoms with Crippen molar-refractivity contribution in [2.75, 3.05) is 11.1 Å². The molecule has 3 aromatic heterocycles. The van der Waals surface area contributed by atoms with E-state index < -0.39 is 17.6 Å². The van der Waals surface area contributed by atoms with Gasteiger partial charge in [0.05, 0.1) is 5.56 Å². The molecule has 0 aliphatic heterocycles. The van der Waals surface area contributed by atoms with E-state index >= 15 is 0 Å². The zero-order chi connectivity index (χ0) is 29.3. The minimum absolute atomic E-state index is 0.0331. The van der Waals surface area contributed by atoms with Gasteiger partial charge in [0.2, 0.25) is 5.91 Å². The zero-order valence-corrected chi connectivity index (χ0v) is 22.6. The second kappa shape index (κ2) is 11.2. The van der Waals surface area contributed by atoms with Crippen LogP contribution in [0.3, 0.4) is 0 Å². The van der Waals surface area contributed by atoms with Gasteiger partial charge in [-0.1, -0.05) is 32.4 Å². The fourth-order valence-corrected chi connectivity index (χ4v) is 5.14. The highest BCUT2D eigenvalue weighted by molar-refractivity contribution is 6.04. The second-order valence-corrected chi connectivity index (χ2v) is 10.5. The summed E-state index contributed by atoms with van der Waals surface area (Å²) in [7, 11) is 0. The lowest BCUT2D eigenvalue weighted by atomic mass is 9.85. The Morgan fingerprint density at radius 1 is 1.07 bits per heavy atom. The second-order valence-electron chi connectivity index (χ2n) is 10.5. The highest BCUT2D eigenvalue weighted by atomic mass is 19.4. The number of carbonyl (C=O) groups excluding carboxylic acids is 2. The average Bonchev–Trinajstić information content (AvgIpc) is 3.34. The predicted molar refractivity (Wildman–Crippen MR) is 148 cm³/mol. The topological polar surface area (TPSA) is 127 Å². The van der Waals surface area contributed by atoms with E-state index in [0.717, 1.165) is 49.8 Å². The van der Waals surface area contributed by atoms with Gasteiger partial charge in [-0.25, -0.2) is 15.0 Å². The number of aromatic nitrogens is 4. The van der Waals surface area contributed by atoms with Gasteiger partial charge in [0.15, 0.2) is 0 Å². The molecule has 0 spiro atoms. The first-order valence-corrected chi connectivity index (χ1v) is 13.4. The largest absolute Gasteiger partial charge is 0.416 e. The molecule has 3 heterocycles. The summed E-state index contributed by atoms with van der Waals surface area (Å²) in [6.45, 7) is 3.74. The Bertz CT molecular complexity index is 1580. The summed E-state index contributed by atoms with van der Waals surface area (Å²) in [5.41, 5.74) is 7.56. The molecule has 1 saturated carbocycles. The molecule has 9 nitrogen and oxygen atoms in total. The molecule has 1 unspecified atom stereocenters.